The van der Waals surface area contributed by atoms with Crippen molar-refractivity contribution in [3.05, 3.63) is 33.4 Å². The second-order valence-corrected chi connectivity index (χ2v) is 5.68. The Morgan fingerprint density at radius 3 is 2.53 bits per heavy atom. The monoisotopic (exact) mass is 345 g/mol. The molecule has 0 radical (unpaired) electrons. The van der Waals surface area contributed by atoms with Crippen LogP contribution in [0.3, 0.4) is 0 Å². The summed E-state index contributed by atoms with van der Waals surface area (Å²) in [7, 11) is 0. The first kappa shape index (κ1) is 12.8. The van der Waals surface area contributed by atoms with Gasteiger partial charge in [0.05, 0.1) is 12.1 Å². The SMILES string of the molecule is O=C(N[C@H]1CCCC[C@@H]1O)c1ccc(I)cc1. The number of amides is 1. The normalized spacial score (nSPS) is 24.4. The van der Waals surface area contributed by atoms with Crippen molar-refractivity contribution in [2.45, 2.75) is 37.8 Å². The molecule has 2 N–H and O–H groups in total. The minimum atomic E-state index is -0.392. The van der Waals surface area contributed by atoms with Gasteiger partial charge in [-0.05, 0) is 59.7 Å². The number of hydrogen-bond acceptors (Lipinski definition) is 2. The van der Waals surface area contributed by atoms with E-state index in [1.165, 1.54) is 0 Å². The highest BCUT2D eigenvalue weighted by Gasteiger charge is 2.24. The molecule has 2 atom stereocenters. The summed E-state index contributed by atoms with van der Waals surface area (Å²) >= 11 is 2.21. The van der Waals surface area contributed by atoms with Crippen molar-refractivity contribution in [3.8, 4) is 0 Å². The number of aliphatic hydroxyl groups is 1. The van der Waals surface area contributed by atoms with E-state index in [-0.39, 0.29) is 11.9 Å². The zero-order valence-electron chi connectivity index (χ0n) is 9.53. The smallest absolute Gasteiger partial charge is 0.251 e. The van der Waals surface area contributed by atoms with E-state index in [9.17, 15) is 9.90 Å². The highest BCUT2D eigenvalue weighted by atomic mass is 127. The van der Waals surface area contributed by atoms with Crippen molar-refractivity contribution in [2.24, 2.45) is 0 Å². The fourth-order valence-electron chi connectivity index (χ4n) is 2.13. The Balaban J connectivity index is 1.98. The topological polar surface area (TPSA) is 49.3 Å². The molecule has 0 saturated heterocycles. The van der Waals surface area contributed by atoms with Crippen LogP contribution in [0, 0.1) is 3.57 Å². The molecule has 17 heavy (non-hydrogen) atoms. The van der Waals surface area contributed by atoms with E-state index in [0.717, 1.165) is 29.3 Å². The van der Waals surface area contributed by atoms with Gasteiger partial charge in [-0.15, -0.1) is 0 Å². The lowest BCUT2D eigenvalue weighted by Crippen LogP contribution is -2.45. The molecule has 1 aliphatic carbocycles. The van der Waals surface area contributed by atoms with Gasteiger partial charge in [0.25, 0.3) is 5.91 Å². The molecule has 2 rings (SSSR count). The molecule has 92 valence electrons. The van der Waals surface area contributed by atoms with Gasteiger partial charge in [-0.2, -0.15) is 0 Å². The Labute approximate surface area is 115 Å². The van der Waals surface area contributed by atoms with E-state index in [2.05, 4.69) is 27.9 Å². The average molecular weight is 345 g/mol. The predicted octanol–water partition coefficient (Wildman–Crippen LogP) is 2.32. The maximum Gasteiger partial charge on any atom is 0.251 e. The highest BCUT2D eigenvalue weighted by Crippen LogP contribution is 2.18. The number of nitrogens with one attached hydrogen (secondary N) is 1. The molecule has 0 heterocycles. The van der Waals surface area contributed by atoms with Crippen LogP contribution in [-0.2, 0) is 0 Å². The first-order valence-corrected chi connectivity index (χ1v) is 6.99. The van der Waals surface area contributed by atoms with Crippen molar-refractivity contribution in [1.29, 1.82) is 0 Å². The number of carbonyl (C=O) groups is 1. The van der Waals surface area contributed by atoms with Crippen LogP contribution in [0.1, 0.15) is 36.0 Å². The van der Waals surface area contributed by atoms with Crippen molar-refractivity contribution >= 4 is 28.5 Å². The van der Waals surface area contributed by atoms with E-state index in [1.54, 1.807) is 0 Å². The molecule has 1 aromatic carbocycles. The molecule has 0 bridgehead atoms. The first-order valence-electron chi connectivity index (χ1n) is 5.91. The maximum absolute atomic E-state index is 11.9. The van der Waals surface area contributed by atoms with Crippen LogP contribution in [0.25, 0.3) is 0 Å². The number of hydrogen-bond donors (Lipinski definition) is 2. The molecule has 1 saturated carbocycles. The van der Waals surface area contributed by atoms with Gasteiger partial charge in [0.2, 0.25) is 0 Å². The van der Waals surface area contributed by atoms with E-state index < -0.39 is 6.10 Å². The molecule has 0 aromatic heterocycles. The Morgan fingerprint density at radius 1 is 1.24 bits per heavy atom. The molecule has 4 heteroatoms. The standard InChI is InChI=1S/C13H16INO2/c14-10-7-5-9(6-8-10)13(17)15-11-3-1-2-4-12(11)16/h5-8,11-12,16H,1-4H2,(H,15,17)/t11-,12-/m0/s1. The van der Waals surface area contributed by atoms with E-state index in [4.69, 9.17) is 0 Å². The summed E-state index contributed by atoms with van der Waals surface area (Å²) in [6, 6.07) is 7.36. The molecule has 1 fully saturated rings. The average Bonchev–Trinajstić information content (AvgIpc) is 2.33. The van der Waals surface area contributed by atoms with E-state index in [0.29, 0.717) is 5.56 Å². The van der Waals surface area contributed by atoms with Crippen molar-refractivity contribution in [1.82, 2.24) is 5.32 Å². The van der Waals surface area contributed by atoms with Crippen LogP contribution in [0.4, 0.5) is 0 Å². The molecular weight excluding hydrogens is 329 g/mol. The Kier molecular flexibility index (Phi) is 4.39. The summed E-state index contributed by atoms with van der Waals surface area (Å²) in [6.45, 7) is 0. The van der Waals surface area contributed by atoms with Gasteiger partial charge in [0.15, 0.2) is 0 Å². The van der Waals surface area contributed by atoms with Crippen molar-refractivity contribution in [2.75, 3.05) is 0 Å². The minimum absolute atomic E-state index is 0.0875. The van der Waals surface area contributed by atoms with Crippen LogP contribution in [0.2, 0.25) is 0 Å². The number of rotatable bonds is 2. The summed E-state index contributed by atoms with van der Waals surface area (Å²) in [6.07, 6.45) is 3.40. The molecule has 1 aromatic rings. The molecular formula is C13H16INO2. The fraction of sp³-hybridized carbons (Fsp3) is 0.462. The van der Waals surface area contributed by atoms with Crippen LogP contribution in [0.15, 0.2) is 24.3 Å². The third kappa shape index (κ3) is 3.42. The lowest BCUT2D eigenvalue weighted by atomic mass is 9.92. The first-order chi connectivity index (χ1) is 8.16. The highest BCUT2D eigenvalue weighted by molar-refractivity contribution is 14.1. The number of halogens is 1. The van der Waals surface area contributed by atoms with Gasteiger partial charge in [-0.25, -0.2) is 0 Å². The summed E-state index contributed by atoms with van der Waals surface area (Å²) in [5.41, 5.74) is 0.656. The van der Waals surface area contributed by atoms with E-state index in [1.807, 2.05) is 24.3 Å². The van der Waals surface area contributed by atoms with Crippen LogP contribution >= 0.6 is 22.6 Å². The van der Waals surface area contributed by atoms with Gasteiger partial charge < -0.3 is 10.4 Å². The Hall–Kier alpha value is -0.620. The summed E-state index contributed by atoms with van der Waals surface area (Å²) in [5, 5.41) is 12.7. The molecule has 1 amide bonds. The lowest BCUT2D eigenvalue weighted by molar-refractivity contribution is 0.0717. The third-order valence-corrected chi connectivity index (χ3v) is 3.87. The molecule has 0 aliphatic heterocycles. The largest absolute Gasteiger partial charge is 0.391 e. The molecule has 0 unspecified atom stereocenters. The summed E-state index contributed by atoms with van der Waals surface area (Å²) < 4.78 is 1.11. The number of carbonyl (C=O) groups excluding carboxylic acids is 1. The minimum Gasteiger partial charge on any atom is -0.391 e. The summed E-state index contributed by atoms with van der Waals surface area (Å²) in [5.74, 6) is -0.0904. The lowest BCUT2D eigenvalue weighted by Gasteiger charge is -2.28. The quantitative estimate of drug-likeness (QED) is 0.809. The third-order valence-electron chi connectivity index (χ3n) is 3.15. The van der Waals surface area contributed by atoms with Gasteiger partial charge in [0.1, 0.15) is 0 Å². The maximum atomic E-state index is 11.9. The zero-order chi connectivity index (χ0) is 12.3. The van der Waals surface area contributed by atoms with Crippen LogP contribution in [-0.4, -0.2) is 23.2 Å². The Morgan fingerprint density at radius 2 is 1.88 bits per heavy atom. The molecule has 3 nitrogen and oxygen atoms in total. The van der Waals surface area contributed by atoms with Gasteiger partial charge in [-0.1, -0.05) is 12.8 Å². The van der Waals surface area contributed by atoms with E-state index >= 15 is 0 Å². The van der Waals surface area contributed by atoms with Gasteiger partial charge in [0, 0.05) is 9.13 Å². The van der Waals surface area contributed by atoms with Crippen LogP contribution < -0.4 is 5.32 Å². The fourth-order valence-corrected chi connectivity index (χ4v) is 2.49. The second kappa shape index (κ2) is 5.82. The Bertz CT molecular complexity index is 391. The van der Waals surface area contributed by atoms with Crippen LogP contribution in [0.5, 0.6) is 0 Å². The second-order valence-electron chi connectivity index (χ2n) is 4.44. The predicted molar refractivity (Wildman–Crippen MR) is 74.9 cm³/mol. The van der Waals surface area contributed by atoms with Crippen molar-refractivity contribution < 1.29 is 9.90 Å². The zero-order valence-corrected chi connectivity index (χ0v) is 11.7. The summed E-state index contributed by atoms with van der Waals surface area (Å²) in [4.78, 5) is 11.9. The van der Waals surface area contributed by atoms with Gasteiger partial charge >= 0.3 is 0 Å². The molecule has 0 spiro atoms. The molecule has 1 aliphatic rings. The van der Waals surface area contributed by atoms with Crippen molar-refractivity contribution in [3.63, 3.8) is 0 Å². The number of aliphatic hydroxyl groups excluding tert-OH is 1. The number of benzene rings is 1. The van der Waals surface area contributed by atoms with Gasteiger partial charge in [-0.3, -0.25) is 4.79 Å².